The predicted molar refractivity (Wildman–Crippen MR) is 67.5 cm³/mol. The van der Waals surface area contributed by atoms with Crippen molar-refractivity contribution in [3.63, 3.8) is 0 Å². The fraction of sp³-hybridized carbons (Fsp3) is 0.333. The smallest absolute Gasteiger partial charge is 0.266 e. The van der Waals surface area contributed by atoms with Gasteiger partial charge in [0.25, 0.3) is 5.91 Å². The number of fused-ring (bicyclic) bond motifs is 1. The lowest BCUT2D eigenvalue weighted by Crippen LogP contribution is -2.10. The van der Waals surface area contributed by atoms with Gasteiger partial charge in [-0.25, -0.2) is 0 Å². The van der Waals surface area contributed by atoms with E-state index in [2.05, 4.69) is 15.5 Å². The zero-order valence-corrected chi connectivity index (χ0v) is 10.1. The number of rotatable bonds is 2. The standard InChI is InChI=1S/C12H13N3OS/c16-12(14-11-5-6-13-15-11)10-7-8-3-1-2-4-9(8)17-10/h5-7H,1-4H2,(H2,13,14,15,16). The van der Waals surface area contributed by atoms with Crippen molar-refractivity contribution in [3.05, 3.63) is 33.6 Å². The number of aromatic amines is 1. The molecule has 1 amide bonds. The van der Waals surface area contributed by atoms with Crippen LogP contribution in [0.5, 0.6) is 0 Å². The normalized spacial score (nSPS) is 14.4. The third-order valence-corrected chi connectivity index (χ3v) is 4.21. The fourth-order valence-electron chi connectivity index (χ4n) is 2.11. The van der Waals surface area contributed by atoms with Crippen molar-refractivity contribution in [2.75, 3.05) is 5.32 Å². The van der Waals surface area contributed by atoms with Crippen molar-refractivity contribution in [2.24, 2.45) is 0 Å². The van der Waals surface area contributed by atoms with Crippen molar-refractivity contribution in [2.45, 2.75) is 25.7 Å². The first kappa shape index (κ1) is 10.5. The van der Waals surface area contributed by atoms with Crippen LogP contribution in [0.15, 0.2) is 18.3 Å². The number of aromatic nitrogens is 2. The summed E-state index contributed by atoms with van der Waals surface area (Å²) in [7, 11) is 0. The predicted octanol–water partition coefficient (Wildman–Crippen LogP) is 2.60. The van der Waals surface area contributed by atoms with Crippen molar-refractivity contribution in [1.82, 2.24) is 10.2 Å². The molecular weight excluding hydrogens is 234 g/mol. The molecule has 2 aromatic rings. The van der Waals surface area contributed by atoms with Crippen LogP contribution in [0.3, 0.4) is 0 Å². The van der Waals surface area contributed by atoms with Gasteiger partial charge in [0.15, 0.2) is 0 Å². The summed E-state index contributed by atoms with van der Waals surface area (Å²) >= 11 is 1.62. The molecule has 0 unspecified atom stereocenters. The van der Waals surface area contributed by atoms with Crippen LogP contribution in [0, 0.1) is 0 Å². The highest BCUT2D eigenvalue weighted by Crippen LogP contribution is 2.29. The number of thiophene rings is 1. The minimum atomic E-state index is -0.0475. The first-order chi connectivity index (χ1) is 8.33. The number of anilines is 1. The Hall–Kier alpha value is -1.62. The van der Waals surface area contributed by atoms with E-state index < -0.39 is 0 Å². The van der Waals surface area contributed by atoms with E-state index in [1.54, 1.807) is 23.6 Å². The number of H-pyrrole nitrogens is 1. The summed E-state index contributed by atoms with van der Waals surface area (Å²) in [5.41, 5.74) is 1.36. The minimum Gasteiger partial charge on any atom is -0.306 e. The highest BCUT2D eigenvalue weighted by atomic mass is 32.1. The molecule has 0 aromatic carbocycles. The summed E-state index contributed by atoms with van der Waals surface area (Å²) in [6.45, 7) is 0. The van der Waals surface area contributed by atoms with Crippen LogP contribution < -0.4 is 5.32 Å². The Morgan fingerprint density at radius 2 is 2.29 bits per heavy atom. The Morgan fingerprint density at radius 3 is 3.06 bits per heavy atom. The van der Waals surface area contributed by atoms with Gasteiger partial charge < -0.3 is 5.32 Å². The Kier molecular flexibility index (Phi) is 2.68. The van der Waals surface area contributed by atoms with Gasteiger partial charge in [-0.2, -0.15) is 5.10 Å². The number of carbonyl (C=O) groups is 1. The zero-order chi connectivity index (χ0) is 11.7. The van der Waals surface area contributed by atoms with Gasteiger partial charge in [-0.1, -0.05) is 0 Å². The second kappa shape index (κ2) is 4.33. The number of hydrogen-bond donors (Lipinski definition) is 2. The first-order valence-corrected chi connectivity index (χ1v) is 6.57. The highest BCUT2D eigenvalue weighted by molar-refractivity contribution is 7.14. The van der Waals surface area contributed by atoms with E-state index in [1.807, 2.05) is 6.07 Å². The molecule has 0 fully saturated rings. The van der Waals surface area contributed by atoms with Crippen molar-refractivity contribution in [3.8, 4) is 0 Å². The number of amides is 1. The zero-order valence-electron chi connectivity index (χ0n) is 9.32. The lowest BCUT2D eigenvalue weighted by Gasteiger charge is -2.08. The van der Waals surface area contributed by atoms with E-state index in [0.29, 0.717) is 5.82 Å². The van der Waals surface area contributed by atoms with Gasteiger partial charge in [0.1, 0.15) is 5.82 Å². The van der Waals surface area contributed by atoms with Crippen LogP contribution in [-0.2, 0) is 12.8 Å². The van der Waals surface area contributed by atoms with Gasteiger partial charge in [-0.05, 0) is 37.3 Å². The van der Waals surface area contributed by atoms with Crippen molar-refractivity contribution >= 4 is 23.1 Å². The molecule has 4 nitrogen and oxygen atoms in total. The molecule has 2 heterocycles. The van der Waals surface area contributed by atoms with Crippen molar-refractivity contribution in [1.29, 1.82) is 0 Å². The Bertz CT molecular complexity index is 506. The minimum absolute atomic E-state index is 0.0475. The molecule has 1 aliphatic carbocycles. The molecule has 2 N–H and O–H groups in total. The molecule has 1 aliphatic rings. The monoisotopic (exact) mass is 247 g/mol. The van der Waals surface area contributed by atoms with E-state index in [1.165, 1.54) is 23.3 Å². The first-order valence-electron chi connectivity index (χ1n) is 5.75. The number of hydrogen-bond acceptors (Lipinski definition) is 3. The number of nitrogens with zero attached hydrogens (tertiary/aromatic N) is 1. The van der Waals surface area contributed by atoms with E-state index in [4.69, 9.17) is 0 Å². The molecule has 0 atom stereocenters. The Balaban J connectivity index is 1.79. The van der Waals surface area contributed by atoms with E-state index >= 15 is 0 Å². The van der Waals surface area contributed by atoms with E-state index in [-0.39, 0.29) is 5.91 Å². The summed E-state index contributed by atoms with van der Waals surface area (Å²) in [5, 5.41) is 9.32. The molecule has 0 spiro atoms. The summed E-state index contributed by atoms with van der Waals surface area (Å²) < 4.78 is 0. The number of carbonyl (C=O) groups excluding carboxylic acids is 1. The molecule has 0 saturated heterocycles. The van der Waals surface area contributed by atoms with Crippen molar-refractivity contribution < 1.29 is 4.79 Å². The molecule has 88 valence electrons. The average Bonchev–Trinajstić information content (AvgIpc) is 2.96. The van der Waals surface area contributed by atoms with Crippen LogP contribution in [0.1, 0.15) is 33.0 Å². The second-order valence-corrected chi connectivity index (χ2v) is 5.33. The SMILES string of the molecule is O=C(Nc1ccn[nH]1)c1cc2c(s1)CCCC2. The van der Waals surface area contributed by atoms with Gasteiger partial charge in [0.05, 0.1) is 11.1 Å². The maximum atomic E-state index is 12.0. The van der Waals surface area contributed by atoms with Gasteiger partial charge in [0.2, 0.25) is 0 Å². The molecular formula is C12H13N3OS. The quantitative estimate of drug-likeness (QED) is 0.857. The van der Waals surface area contributed by atoms with Crippen LogP contribution in [-0.4, -0.2) is 16.1 Å². The molecule has 2 aromatic heterocycles. The molecule has 0 saturated carbocycles. The van der Waals surface area contributed by atoms with E-state index in [9.17, 15) is 4.79 Å². The van der Waals surface area contributed by atoms with Gasteiger partial charge >= 0.3 is 0 Å². The maximum absolute atomic E-state index is 12.0. The molecule has 0 aliphatic heterocycles. The van der Waals surface area contributed by atoms with Crippen LogP contribution >= 0.6 is 11.3 Å². The second-order valence-electron chi connectivity index (χ2n) is 4.19. The summed E-state index contributed by atoms with van der Waals surface area (Å²) in [6.07, 6.45) is 6.34. The number of aryl methyl sites for hydroxylation is 2. The van der Waals surface area contributed by atoms with Crippen LogP contribution in [0.4, 0.5) is 5.82 Å². The number of nitrogens with one attached hydrogen (secondary N) is 2. The molecule has 17 heavy (non-hydrogen) atoms. The molecule has 0 bridgehead atoms. The van der Waals surface area contributed by atoms with E-state index in [0.717, 1.165) is 17.7 Å². The third-order valence-electron chi connectivity index (χ3n) is 2.97. The Morgan fingerprint density at radius 1 is 1.41 bits per heavy atom. The van der Waals surface area contributed by atoms with Gasteiger partial charge in [-0.15, -0.1) is 11.3 Å². The summed E-state index contributed by atoms with van der Waals surface area (Å²) in [4.78, 5) is 14.2. The summed E-state index contributed by atoms with van der Waals surface area (Å²) in [5.74, 6) is 0.593. The fourth-order valence-corrected chi connectivity index (χ4v) is 3.26. The lowest BCUT2D eigenvalue weighted by molar-refractivity contribution is 0.103. The average molecular weight is 247 g/mol. The molecule has 5 heteroatoms. The maximum Gasteiger partial charge on any atom is 0.266 e. The topological polar surface area (TPSA) is 57.8 Å². The van der Waals surface area contributed by atoms with Gasteiger partial charge in [0, 0.05) is 10.9 Å². The largest absolute Gasteiger partial charge is 0.306 e. The van der Waals surface area contributed by atoms with Crippen LogP contribution in [0.2, 0.25) is 0 Å². The molecule has 0 radical (unpaired) electrons. The highest BCUT2D eigenvalue weighted by Gasteiger charge is 2.17. The van der Waals surface area contributed by atoms with Crippen LogP contribution in [0.25, 0.3) is 0 Å². The van der Waals surface area contributed by atoms with Gasteiger partial charge in [-0.3, -0.25) is 9.89 Å². The lowest BCUT2D eigenvalue weighted by atomic mass is 9.99. The Labute approximate surface area is 103 Å². The third kappa shape index (κ3) is 2.10. The molecule has 3 rings (SSSR count). The summed E-state index contributed by atoms with van der Waals surface area (Å²) in [6, 6.07) is 3.77.